The minimum atomic E-state index is 0.388. The monoisotopic (exact) mass is 306 g/mol. The second kappa shape index (κ2) is 7.76. The highest BCUT2D eigenvalue weighted by Crippen LogP contribution is 2.25. The molecular weight excluding hydrogens is 280 g/mol. The molecule has 2 N–H and O–H groups in total. The van der Waals surface area contributed by atoms with Crippen LogP contribution in [0, 0.1) is 5.92 Å². The first-order valence-electron chi connectivity index (χ1n) is 7.83. The normalized spacial score (nSPS) is 16.9. The van der Waals surface area contributed by atoms with E-state index in [1.54, 1.807) is 7.11 Å². The molecule has 2 rings (SSSR count). The lowest BCUT2D eigenvalue weighted by molar-refractivity contribution is 0.171. The predicted octanol–water partition coefficient (Wildman–Crippen LogP) is 3.34. The highest BCUT2D eigenvalue weighted by molar-refractivity contribution is 7.80. The highest BCUT2D eigenvalue weighted by Gasteiger charge is 2.18. The Kier molecular flexibility index (Phi) is 6.00. The molecule has 0 bridgehead atoms. The van der Waals surface area contributed by atoms with E-state index in [1.165, 1.54) is 44.3 Å². The number of ether oxygens (including phenoxy) is 1. The molecule has 1 aliphatic heterocycles. The van der Waals surface area contributed by atoms with Crippen LogP contribution in [0.5, 0.6) is 5.75 Å². The molecule has 116 valence electrons. The van der Waals surface area contributed by atoms with Crippen molar-refractivity contribution in [1.82, 2.24) is 4.90 Å². The first-order chi connectivity index (χ1) is 10.1. The third-order valence-corrected chi connectivity index (χ3v) is 4.56. The summed E-state index contributed by atoms with van der Waals surface area (Å²) in [5.74, 6) is 1.71. The summed E-state index contributed by atoms with van der Waals surface area (Å²) >= 11 is 5.05. The summed E-state index contributed by atoms with van der Waals surface area (Å²) < 4.78 is 5.40. The van der Waals surface area contributed by atoms with Crippen LogP contribution in [0.15, 0.2) is 18.2 Å². The van der Waals surface area contributed by atoms with Gasteiger partial charge in [-0.15, -0.1) is 0 Å². The molecule has 1 saturated heterocycles. The first kappa shape index (κ1) is 16.2. The van der Waals surface area contributed by atoms with Crippen molar-refractivity contribution in [2.24, 2.45) is 11.7 Å². The van der Waals surface area contributed by atoms with E-state index in [-0.39, 0.29) is 0 Å². The highest BCUT2D eigenvalue weighted by atomic mass is 32.1. The van der Waals surface area contributed by atoms with Gasteiger partial charge >= 0.3 is 0 Å². The summed E-state index contributed by atoms with van der Waals surface area (Å²) in [6, 6.07) is 6.14. The minimum absolute atomic E-state index is 0.388. The van der Waals surface area contributed by atoms with Crippen LogP contribution in [0.1, 0.15) is 43.7 Å². The minimum Gasteiger partial charge on any atom is -0.496 e. The van der Waals surface area contributed by atoms with Gasteiger partial charge in [0.25, 0.3) is 0 Å². The van der Waals surface area contributed by atoms with E-state index in [4.69, 9.17) is 22.7 Å². The zero-order valence-electron chi connectivity index (χ0n) is 13.1. The third kappa shape index (κ3) is 4.42. The molecule has 4 heteroatoms. The third-order valence-electron chi connectivity index (χ3n) is 4.34. The average Bonchev–Trinajstić information content (AvgIpc) is 2.49. The predicted molar refractivity (Wildman–Crippen MR) is 91.8 cm³/mol. The van der Waals surface area contributed by atoms with Crippen LogP contribution in [-0.2, 0) is 6.54 Å². The number of likely N-dealkylation sites (tertiary alicyclic amines) is 1. The molecule has 0 aliphatic carbocycles. The molecule has 1 fully saturated rings. The summed E-state index contributed by atoms with van der Waals surface area (Å²) in [5.41, 5.74) is 7.79. The maximum absolute atomic E-state index is 5.71. The lowest BCUT2D eigenvalue weighted by Gasteiger charge is -2.32. The van der Waals surface area contributed by atoms with E-state index >= 15 is 0 Å². The smallest absolute Gasteiger partial charge is 0.129 e. The molecular formula is C17H26N2OS. The fraction of sp³-hybridized carbons (Fsp3) is 0.588. The van der Waals surface area contributed by atoms with Crippen molar-refractivity contribution >= 4 is 17.2 Å². The molecule has 0 spiro atoms. The number of piperidine rings is 1. The number of hydrogen-bond acceptors (Lipinski definition) is 3. The Hall–Kier alpha value is -1.13. The van der Waals surface area contributed by atoms with E-state index in [9.17, 15) is 0 Å². The maximum Gasteiger partial charge on any atom is 0.129 e. The van der Waals surface area contributed by atoms with Gasteiger partial charge in [0.15, 0.2) is 0 Å². The summed E-state index contributed by atoms with van der Waals surface area (Å²) in [7, 11) is 1.66. The van der Waals surface area contributed by atoms with Crippen molar-refractivity contribution in [3.05, 3.63) is 29.3 Å². The summed E-state index contributed by atoms with van der Waals surface area (Å²) in [4.78, 5) is 2.92. The molecule has 1 heterocycles. The van der Waals surface area contributed by atoms with Gasteiger partial charge in [-0.25, -0.2) is 0 Å². The van der Waals surface area contributed by atoms with E-state index in [2.05, 4.69) is 24.0 Å². The van der Waals surface area contributed by atoms with Crippen molar-refractivity contribution in [2.75, 3.05) is 20.2 Å². The number of methoxy groups -OCH3 is 1. The molecule has 21 heavy (non-hydrogen) atoms. The molecule has 0 amide bonds. The molecule has 0 saturated carbocycles. The zero-order valence-corrected chi connectivity index (χ0v) is 13.9. The standard InChI is InChI=1S/C17H26N2OS/c1-3-4-13-7-9-19(10-8-13)12-14-5-6-15(17(18)21)16(11-14)20-2/h5-6,11,13H,3-4,7-10,12H2,1-2H3,(H2,18,21). The van der Waals surface area contributed by atoms with Gasteiger partial charge in [0.2, 0.25) is 0 Å². The molecule has 0 unspecified atom stereocenters. The zero-order chi connectivity index (χ0) is 15.2. The Balaban J connectivity index is 1.96. The fourth-order valence-electron chi connectivity index (χ4n) is 3.14. The van der Waals surface area contributed by atoms with Crippen LogP contribution in [0.3, 0.4) is 0 Å². The topological polar surface area (TPSA) is 38.5 Å². The lowest BCUT2D eigenvalue weighted by Crippen LogP contribution is -2.33. The van der Waals surface area contributed by atoms with E-state index < -0.39 is 0 Å². The number of thiocarbonyl (C=S) groups is 1. The van der Waals surface area contributed by atoms with E-state index in [0.717, 1.165) is 23.8 Å². The summed E-state index contributed by atoms with van der Waals surface area (Å²) in [6.45, 7) is 5.66. The summed E-state index contributed by atoms with van der Waals surface area (Å²) in [6.07, 6.45) is 5.35. The van der Waals surface area contributed by atoms with Crippen LogP contribution in [0.2, 0.25) is 0 Å². The van der Waals surface area contributed by atoms with Crippen LogP contribution in [0.25, 0.3) is 0 Å². The van der Waals surface area contributed by atoms with Crippen LogP contribution >= 0.6 is 12.2 Å². The second-order valence-electron chi connectivity index (χ2n) is 5.91. The van der Waals surface area contributed by atoms with Gasteiger partial charge in [0.05, 0.1) is 12.7 Å². The molecule has 1 aliphatic rings. The van der Waals surface area contributed by atoms with Gasteiger partial charge in [0.1, 0.15) is 10.7 Å². The Morgan fingerprint density at radius 3 is 2.67 bits per heavy atom. The van der Waals surface area contributed by atoms with Gasteiger partial charge in [-0.1, -0.05) is 38.0 Å². The molecule has 0 aromatic heterocycles. The van der Waals surface area contributed by atoms with Crippen LogP contribution < -0.4 is 10.5 Å². The molecule has 1 aromatic rings. The van der Waals surface area contributed by atoms with Gasteiger partial charge in [-0.2, -0.15) is 0 Å². The SMILES string of the molecule is CCCC1CCN(Cc2ccc(C(N)=S)c(OC)c2)CC1. The number of nitrogens with two attached hydrogens (primary N) is 1. The molecule has 3 nitrogen and oxygen atoms in total. The quantitative estimate of drug-likeness (QED) is 0.818. The Morgan fingerprint density at radius 1 is 1.38 bits per heavy atom. The largest absolute Gasteiger partial charge is 0.496 e. The number of benzene rings is 1. The van der Waals surface area contributed by atoms with Crippen molar-refractivity contribution < 1.29 is 4.74 Å². The Morgan fingerprint density at radius 2 is 2.10 bits per heavy atom. The summed E-state index contributed by atoms with van der Waals surface area (Å²) in [5, 5.41) is 0. The Bertz CT molecular complexity index is 482. The van der Waals surface area contributed by atoms with Crippen LogP contribution in [0.4, 0.5) is 0 Å². The molecule has 1 aromatic carbocycles. The van der Waals surface area contributed by atoms with Gasteiger partial charge in [0, 0.05) is 6.54 Å². The van der Waals surface area contributed by atoms with E-state index in [0.29, 0.717) is 4.99 Å². The van der Waals surface area contributed by atoms with Crippen LogP contribution in [-0.4, -0.2) is 30.1 Å². The number of rotatable bonds is 6. The first-order valence-corrected chi connectivity index (χ1v) is 8.24. The Labute approximate surface area is 133 Å². The van der Waals surface area contributed by atoms with Gasteiger partial charge < -0.3 is 10.5 Å². The van der Waals surface area contributed by atoms with Crippen molar-refractivity contribution in [3.63, 3.8) is 0 Å². The van der Waals surface area contributed by atoms with Crippen molar-refractivity contribution in [1.29, 1.82) is 0 Å². The fourth-order valence-corrected chi connectivity index (χ4v) is 3.31. The molecule has 0 radical (unpaired) electrons. The molecule has 0 atom stereocenters. The van der Waals surface area contributed by atoms with E-state index in [1.807, 2.05) is 6.07 Å². The van der Waals surface area contributed by atoms with Gasteiger partial charge in [-0.05, 0) is 49.5 Å². The van der Waals surface area contributed by atoms with Crippen molar-refractivity contribution in [3.8, 4) is 5.75 Å². The number of hydrogen-bond donors (Lipinski definition) is 1. The van der Waals surface area contributed by atoms with Gasteiger partial charge in [-0.3, -0.25) is 4.90 Å². The average molecular weight is 306 g/mol. The lowest BCUT2D eigenvalue weighted by atomic mass is 9.92. The second-order valence-corrected chi connectivity index (χ2v) is 6.35. The van der Waals surface area contributed by atoms with Crippen molar-refractivity contribution in [2.45, 2.75) is 39.2 Å². The number of nitrogens with zero attached hydrogens (tertiary/aromatic N) is 1. The maximum atomic E-state index is 5.71.